The number of nitrogens with one attached hydrogen (secondary N) is 2. The van der Waals surface area contributed by atoms with Gasteiger partial charge in [0.05, 0.1) is 7.11 Å². The third kappa shape index (κ3) is 5.20. The van der Waals surface area contributed by atoms with Crippen LogP contribution in [0, 0.1) is 0 Å². The number of benzene rings is 1. The number of aromatic amines is 1. The SMILES string of the molecule is COc1ccc(CCNC(=O)[C@H](C)OC(=O)c2cc(C(C)=O)c[nH]2)cc1. The highest BCUT2D eigenvalue weighted by Crippen LogP contribution is 2.11. The van der Waals surface area contributed by atoms with Crippen LogP contribution in [0.1, 0.15) is 40.3 Å². The van der Waals surface area contributed by atoms with Crippen LogP contribution >= 0.6 is 0 Å². The smallest absolute Gasteiger partial charge is 0.355 e. The van der Waals surface area contributed by atoms with Gasteiger partial charge >= 0.3 is 5.97 Å². The first kappa shape index (κ1) is 19.2. The zero-order valence-corrected chi connectivity index (χ0v) is 15.0. The minimum atomic E-state index is -0.942. The Hall–Kier alpha value is -3.09. The van der Waals surface area contributed by atoms with Crippen molar-refractivity contribution in [2.24, 2.45) is 0 Å². The Morgan fingerprint density at radius 1 is 1.19 bits per heavy atom. The molecule has 138 valence electrons. The summed E-state index contributed by atoms with van der Waals surface area (Å²) in [6.45, 7) is 3.32. The molecule has 7 nitrogen and oxygen atoms in total. The maximum atomic E-state index is 12.0. The van der Waals surface area contributed by atoms with Gasteiger partial charge in [-0.05, 0) is 44.0 Å². The van der Waals surface area contributed by atoms with Gasteiger partial charge in [-0.1, -0.05) is 12.1 Å². The number of hydrogen-bond acceptors (Lipinski definition) is 5. The lowest BCUT2D eigenvalue weighted by Crippen LogP contribution is -2.37. The molecule has 2 aromatic rings. The van der Waals surface area contributed by atoms with Crippen molar-refractivity contribution in [3.8, 4) is 5.75 Å². The van der Waals surface area contributed by atoms with Crippen molar-refractivity contribution >= 4 is 17.7 Å². The molecule has 1 atom stereocenters. The Kier molecular flexibility index (Phi) is 6.54. The second kappa shape index (κ2) is 8.84. The molecule has 0 radical (unpaired) electrons. The molecule has 2 N–H and O–H groups in total. The minimum absolute atomic E-state index is 0.132. The first-order valence-electron chi connectivity index (χ1n) is 8.21. The van der Waals surface area contributed by atoms with Crippen molar-refractivity contribution in [2.45, 2.75) is 26.4 Å². The number of Topliss-reactive ketones (excluding diaryl/α,β-unsaturated/α-hetero) is 1. The van der Waals surface area contributed by atoms with Crippen molar-refractivity contribution in [3.63, 3.8) is 0 Å². The summed E-state index contributed by atoms with van der Waals surface area (Å²) < 4.78 is 10.2. The van der Waals surface area contributed by atoms with E-state index in [1.807, 2.05) is 24.3 Å². The second-order valence-corrected chi connectivity index (χ2v) is 5.79. The van der Waals surface area contributed by atoms with Crippen LogP contribution in [0.2, 0.25) is 0 Å². The average molecular weight is 358 g/mol. The maximum Gasteiger partial charge on any atom is 0.355 e. The first-order valence-corrected chi connectivity index (χ1v) is 8.21. The van der Waals surface area contributed by atoms with Gasteiger partial charge in [-0.15, -0.1) is 0 Å². The quantitative estimate of drug-likeness (QED) is 0.556. The normalized spacial score (nSPS) is 11.5. The van der Waals surface area contributed by atoms with Crippen LogP contribution in [0.5, 0.6) is 5.75 Å². The minimum Gasteiger partial charge on any atom is -0.497 e. The Labute approximate surface area is 151 Å². The summed E-state index contributed by atoms with van der Waals surface area (Å²) in [5, 5.41) is 2.73. The van der Waals surface area contributed by atoms with E-state index < -0.39 is 12.1 Å². The molecule has 1 aromatic heterocycles. The molecular weight excluding hydrogens is 336 g/mol. The fourth-order valence-corrected chi connectivity index (χ4v) is 2.26. The molecule has 0 fully saturated rings. The van der Waals surface area contributed by atoms with Crippen molar-refractivity contribution in [1.29, 1.82) is 0 Å². The predicted octanol–water partition coefficient (Wildman–Crippen LogP) is 2.13. The molecule has 0 unspecified atom stereocenters. The summed E-state index contributed by atoms with van der Waals surface area (Å²) in [6.07, 6.45) is 1.13. The van der Waals surface area contributed by atoms with Crippen LogP contribution in [-0.2, 0) is 16.0 Å². The predicted molar refractivity (Wildman–Crippen MR) is 95.4 cm³/mol. The molecule has 0 bridgehead atoms. The van der Waals surface area contributed by atoms with Crippen LogP contribution in [0.4, 0.5) is 0 Å². The van der Waals surface area contributed by atoms with Gasteiger partial charge in [0.1, 0.15) is 11.4 Å². The summed E-state index contributed by atoms with van der Waals surface area (Å²) in [4.78, 5) is 37.9. The molecule has 0 saturated heterocycles. The standard InChI is InChI=1S/C19H22N2O5/c1-12(22)15-10-17(21-11-15)19(24)26-13(2)18(23)20-9-8-14-4-6-16(25-3)7-5-14/h4-7,10-11,13,21H,8-9H2,1-3H3,(H,20,23)/t13-/m0/s1. The van der Waals surface area contributed by atoms with Crippen molar-refractivity contribution < 1.29 is 23.9 Å². The summed E-state index contributed by atoms with van der Waals surface area (Å²) in [6, 6.07) is 8.96. The van der Waals surface area contributed by atoms with Gasteiger partial charge in [0.2, 0.25) is 0 Å². The molecular formula is C19H22N2O5. The number of ether oxygens (including phenoxy) is 2. The number of aromatic nitrogens is 1. The zero-order chi connectivity index (χ0) is 19.1. The lowest BCUT2D eigenvalue weighted by molar-refractivity contribution is -0.129. The highest BCUT2D eigenvalue weighted by Gasteiger charge is 2.20. The van der Waals surface area contributed by atoms with Gasteiger partial charge in [-0.2, -0.15) is 0 Å². The number of esters is 1. The van der Waals surface area contributed by atoms with Crippen LogP contribution in [0.15, 0.2) is 36.5 Å². The fraction of sp³-hybridized carbons (Fsp3) is 0.316. The van der Waals surface area contributed by atoms with Gasteiger partial charge in [-0.25, -0.2) is 4.79 Å². The monoisotopic (exact) mass is 358 g/mol. The van der Waals surface area contributed by atoms with E-state index in [9.17, 15) is 14.4 Å². The average Bonchev–Trinajstić information content (AvgIpc) is 3.12. The number of carbonyl (C=O) groups excluding carboxylic acids is 3. The van der Waals surface area contributed by atoms with Crippen LogP contribution in [0.3, 0.4) is 0 Å². The molecule has 0 saturated carbocycles. The molecule has 1 aromatic carbocycles. The number of ketones is 1. The van der Waals surface area contributed by atoms with E-state index >= 15 is 0 Å². The van der Waals surface area contributed by atoms with Crippen molar-refractivity contribution in [2.75, 3.05) is 13.7 Å². The molecule has 0 aliphatic heterocycles. The maximum absolute atomic E-state index is 12.0. The van der Waals surface area contributed by atoms with E-state index in [2.05, 4.69) is 10.3 Å². The third-order valence-electron chi connectivity index (χ3n) is 3.83. The van der Waals surface area contributed by atoms with E-state index in [0.29, 0.717) is 18.5 Å². The first-order chi connectivity index (χ1) is 12.4. The lowest BCUT2D eigenvalue weighted by atomic mass is 10.1. The fourth-order valence-electron chi connectivity index (χ4n) is 2.26. The van der Waals surface area contributed by atoms with Crippen LogP contribution < -0.4 is 10.1 Å². The molecule has 2 rings (SSSR count). The van der Waals surface area contributed by atoms with Gasteiger partial charge in [0.15, 0.2) is 11.9 Å². The number of methoxy groups -OCH3 is 1. The summed E-state index contributed by atoms with van der Waals surface area (Å²) in [7, 11) is 1.60. The summed E-state index contributed by atoms with van der Waals surface area (Å²) >= 11 is 0. The second-order valence-electron chi connectivity index (χ2n) is 5.79. The largest absolute Gasteiger partial charge is 0.497 e. The summed E-state index contributed by atoms with van der Waals surface area (Å²) in [5.41, 5.74) is 1.57. The topological polar surface area (TPSA) is 97.5 Å². The molecule has 0 aliphatic rings. The number of hydrogen-bond donors (Lipinski definition) is 2. The van der Waals surface area contributed by atoms with E-state index in [4.69, 9.17) is 9.47 Å². The van der Waals surface area contributed by atoms with E-state index in [1.165, 1.54) is 26.1 Å². The molecule has 0 spiro atoms. The third-order valence-corrected chi connectivity index (χ3v) is 3.83. The molecule has 7 heteroatoms. The number of amides is 1. The van der Waals surface area contributed by atoms with Gasteiger partial charge in [-0.3, -0.25) is 9.59 Å². The van der Waals surface area contributed by atoms with Crippen molar-refractivity contribution in [1.82, 2.24) is 10.3 Å². The van der Waals surface area contributed by atoms with Crippen LogP contribution in [0.25, 0.3) is 0 Å². The van der Waals surface area contributed by atoms with Gasteiger partial charge < -0.3 is 19.8 Å². The van der Waals surface area contributed by atoms with E-state index in [0.717, 1.165) is 11.3 Å². The number of rotatable bonds is 8. The Morgan fingerprint density at radius 2 is 1.88 bits per heavy atom. The summed E-state index contributed by atoms with van der Waals surface area (Å²) in [5.74, 6) is -0.458. The number of H-pyrrole nitrogens is 1. The van der Waals surface area contributed by atoms with Gasteiger partial charge in [0.25, 0.3) is 5.91 Å². The Morgan fingerprint density at radius 3 is 2.46 bits per heavy atom. The highest BCUT2D eigenvalue weighted by molar-refractivity contribution is 5.98. The van der Waals surface area contributed by atoms with Gasteiger partial charge in [0, 0.05) is 18.3 Å². The number of carbonyl (C=O) groups is 3. The Balaban J connectivity index is 1.78. The Bertz CT molecular complexity index is 779. The van der Waals surface area contributed by atoms with Crippen molar-refractivity contribution in [3.05, 3.63) is 53.3 Å². The molecule has 26 heavy (non-hydrogen) atoms. The lowest BCUT2D eigenvalue weighted by Gasteiger charge is -2.13. The zero-order valence-electron chi connectivity index (χ0n) is 15.0. The highest BCUT2D eigenvalue weighted by atomic mass is 16.5. The van der Waals surface area contributed by atoms with Crippen LogP contribution in [-0.4, -0.2) is 42.4 Å². The van der Waals surface area contributed by atoms with E-state index in [-0.39, 0.29) is 17.4 Å². The molecule has 1 amide bonds. The molecule has 0 aliphatic carbocycles. The van der Waals surface area contributed by atoms with E-state index in [1.54, 1.807) is 7.11 Å². The molecule has 1 heterocycles.